The Kier molecular flexibility index (Phi) is 7.67. The lowest BCUT2D eigenvalue weighted by Crippen LogP contribution is -2.15. The third kappa shape index (κ3) is 6.49. The summed E-state index contributed by atoms with van der Waals surface area (Å²) in [6.07, 6.45) is 15.5. The smallest absolute Gasteiger partial charge is 0.0378 e. The van der Waals surface area contributed by atoms with Crippen LogP contribution in [-0.4, -0.2) is 0 Å². The van der Waals surface area contributed by atoms with Crippen molar-refractivity contribution in [1.29, 1.82) is 0 Å². The van der Waals surface area contributed by atoms with E-state index in [1.807, 2.05) is 0 Å². The molecule has 1 aliphatic carbocycles. The van der Waals surface area contributed by atoms with Crippen molar-refractivity contribution in [2.24, 2.45) is 5.41 Å². The highest BCUT2D eigenvalue weighted by molar-refractivity contribution is 5.70. The van der Waals surface area contributed by atoms with Gasteiger partial charge in [-0.3, -0.25) is 0 Å². The Bertz CT molecular complexity index is 914. The number of hydrogen-bond donors (Lipinski definition) is 1. The summed E-state index contributed by atoms with van der Waals surface area (Å²) in [5.74, 6) is 0. The number of nitrogens with one attached hydrogen (secondary N) is 1. The summed E-state index contributed by atoms with van der Waals surface area (Å²) in [4.78, 5) is 0. The molecule has 1 heteroatoms. The number of hydrogen-bond acceptors (Lipinski definition) is 1. The second kappa shape index (κ2) is 9.78. The van der Waals surface area contributed by atoms with Crippen LogP contribution in [0, 0.1) is 12.3 Å². The Morgan fingerprint density at radius 3 is 2.55 bits per heavy atom. The fourth-order valence-corrected chi connectivity index (χ4v) is 3.42. The van der Waals surface area contributed by atoms with Crippen molar-refractivity contribution >= 4 is 11.6 Å². The molecule has 0 radical (unpaired) electrons. The Hall–Kier alpha value is -2.54. The van der Waals surface area contributed by atoms with E-state index in [1.165, 1.54) is 33.4 Å². The van der Waals surface area contributed by atoms with Gasteiger partial charge in [0.2, 0.25) is 0 Å². The van der Waals surface area contributed by atoms with Crippen molar-refractivity contribution in [1.82, 2.24) is 5.32 Å². The van der Waals surface area contributed by atoms with Crippen LogP contribution in [0.4, 0.5) is 0 Å². The van der Waals surface area contributed by atoms with Crippen LogP contribution in [0.5, 0.6) is 0 Å². The van der Waals surface area contributed by atoms with E-state index in [-0.39, 0.29) is 5.41 Å². The van der Waals surface area contributed by atoms with Crippen LogP contribution in [0.2, 0.25) is 0 Å². The number of allylic oxidation sites excluding steroid dienone is 8. The lowest BCUT2D eigenvalue weighted by molar-refractivity contribution is 0.482. The van der Waals surface area contributed by atoms with Gasteiger partial charge in [0.05, 0.1) is 0 Å². The van der Waals surface area contributed by atoms with Gasteiger partial charge < -0.3 is 5.32 Å². The molecule has 2 rings (SSSR count). The summed E-state index contributed by atoms with van der Waals surface area (Å²) < 4.78 is 0. The Balaban J connectivity index is 2.20. The van der Waals surface area contributed by atoms with Gasteiger partial charge in [0.25, 0.3) is 0 Å². The fourth-order valence-electron chi connectivity index (χ4n) is 3.42. The molecule has 0 saturated heterocycles. The van der Waals surface area contributed by atoms with Crippen LogP contribution >= 0.6 is 0 Å². The molecule has 1 nitrogen and oxygen atoms in total. The first-order valence-electron chi connectivity index (χ1n) is 10.6. The first-order valence-corrected chi connectivity index (χ1v) is 10.6. The third-order valence-corrected chi connectivity index (χ3v) is 5.55. The lowest BCUT2D eigenvalue weighted by atomic mass is 9.83. The zero-order valence-electron chi connectivity index (χ0n) is 19.3. The first kappa shape index (κ1) is 22.7. The van der Waals surface area contributed by atoms with Gasteiger partial charge in [-0.1, -0.05) is 75.4 Å². The van der Waals surface area contributed by atoms with E-state index in [0.717, 1.165) is 24.2 Å². The van der Waals surface area contributed by atoms with Gasteiger partial charge in [0, 0.05) is 11.4 Å². The van der Waals surface area contributed by atoms with Gasteiger partial charge in [-0.2, -0.15) is 0 Å². The molecular weight excluding hydrogens is 350 g/mol. The molecule has 1 aromatic rings. The SMILES string of the molecule is C=C(N/C(C)=C/c1cc(/C(C)=C/C(=C\C)CC)ccc1C)C1=CCC(C)(C)C=C1. The molecule has 0 aliphatic heterocycles. The van der Waals surface area contributed by atoms with Crippen LogP contribution in [0.1, 0.15) is 71.1 Å². The number of rotatable bonds is 7. The molecule has 0 saturated carbocycles. The largest absolute Gasteiger partial charge is 0.359 e. The quantitative estimate of drug-likeness (QED) is 0.466. The minimum atomic E-state index is 0.238. The maximum Gasteiger partial charge on any atom is 0.0378 e. The molecule has 1 aromatic carbocycles. The predicted molar refractivity (Wildman–Crippen MR) is 130 cm³/mol. The summed E-state index contributed by atoms with van der Waals surface area (Å²) in [7, 11) is 0. The molecule has 0 amide bonds. The van der Waals surface area contributed by atoms with E-state index >= 15 is 0 Å². The van der Waals surface area contributed by atoms with Gasteiger partial charge in [-0.15, -0.1) is 0 Å². The molecule has 0 heterocycles. The molecule has 29 heavy (non-hydrogen) atoms. The summed E-state index contributed by atoms with van der Waals surface area (Å²) in [6.45, 7) is 19.5. The summed E-state index contributed by atoms with van der Waals surface area (Å²) >= 11 is 0. The van der Waals surface area contributed by atoms with Crippen LogP contribution < -0.4 is 5.32 Å². The minimum absolute atomic E-state index is 0.238. The summed E-state index contributed by atoms with van der Waals surface area (Å²) in [6, 6.07) is 6.69. The van der Waals surface area contributed by atoms with E-state index in [2.05, 4.69) is 115 Å². The van der Waals surface area contributed by atoms with Crippen molar-refractivity contribution in [2.75, 3.05) is 0 Å². The average molecular weight is 388 g/mol. The standard InChI is InChI=1S/C28H37N/c1-9-24(10-2)17-21(4)26-12-11-20(3)27(19-26)18-22(5)29-23(6)25-13-15-28(7,8)16-14-25/h9,11-15,17-19,29H,6,10,16H2,1-5,7-8H3/b21-17+,22-18+,24-9-. The first-order chi connectivity index (χ1) is 13.6. The number of aryl methyl sites for hydroxylation is 1. The van der Waals surface area contributed by atoms with Crippen LogP contribution in [0.3, 0.4) is 0 Å². The topological polar surface area (TPSA) is 12.0 Å². The van der Waals surface area contributed by atoms with Crippen molar-refractivity contribution in [3.63, 3.8) is 0 Å². The molecule has 0 bridgehead atoms. The molecule has 0 spiro atoms. The average Bonchev–Trinajstić information content (AvgIpc) is 2.67. The van der Waals surface area contributed by atoms with Crippen molar-refractivity contribution < 1.29 is 0 Å². The van der Waals surface area contributed by atoms with Gasteiger partial charge >= 0.3 is 0 Å². The Morgan fingerprint density at radius 1 is 1.24 bits per heavy atom. The van der Waals surface area contributed by atoms with E-state index in [1.54, 1.807) is 0 Å². The molecule has 1 aliphatic rings. The van der Waals surface area contributed by atoms with Crippen molar-refractivity contribution in [3.8, 4) is 0 Å². The van der Waals surface area contributed by atoms with Crippen LogP contribution in [0.25, 0.3) is 11.6 Å². The molecule has 0 fully saturated rings. The fraction of sp³-hybridized carbons (Fsp3) is 0.357. The molecular formula is C28H37N. The van der Waals surface area contributed by atoms with E-state index in [4.69, 9.17) is 0 Å². The minimum Gasteiger partial charge on any atom is -0.359 e. The molecule has 154 valence electrons. The van der Waals surface area contributed by atoms with Crippen LogP contribution in [-0.2, 0) is 0 Å². The Labute approximate surface area is 178 Å². The lowest BCUT2D eigenvalue weighted by Gasteiger charge is -2.23. The molecule has 0 aromatic heterocycles. The zero-order valence-corrected chi connectivity index (χ0v) is 19.3. The highest BCUT2D eigenvalue weighted by Gasteiger charge is 2.16. The van der Waals surface area contributed by atoms with Gasteiger partial charge in [0.1, 0.15) is 0 Å². The summed E-state index contributed by atoms with van der Waals surface area (Å²) in [5, 5.41) is 3.48. The molecule has 0 unspecified atom stereocenters. The maximum absolute atomic E-state index is 4.24. The van der Waals surface area contributed by atoms with E-state index in [9.17, 15) is 0 Å². The number of benzene rings is 1. The van der Waals surface area contributed by atoms with Crippen molar-refractivity contribution in [3.05, 3.63) is 94.4 Å². The zero-order chi connectivity index (χ0) is 21.6. The van der Waals surface area contributed by atoms with Crippen LogP contribution in [0.15, 0.2) is 77.7 Å². The van der Waals surface area contributed by atoms with Crippen molar-refractivity contribution in [2.45, 2.75) is 61.3 Å². The molecule has 1 N–H and O–H groups in total. The Morgan fingerprint density at radius 2 is 1.97 bits per heavy atom. The maximum atomic E-state index is 4.24. The third-order valence-electron chi connectivity index (χ3n) is 5.55. The normalized spacial score (nSPS) is 17.2. The second-order valence-corrected chi connectivity index (χ2v) is 8.73. The summed E-state index contributed by atoms with van der Waals surface area (Å²) in [5.41, 5.74) is 9.91. The van der Waals surface area contributed by atoms with Gasteiger partial charge in [-0.05, 0) is 85.9 Å². The van der Waals surface area contributed by atoms with E-state index in [0.29, 0.717) is 0 Å². The van der Waals surface area contributed by atoms with Gasteiger partial charge in [0.15, 0.2) is 0 Å². The molecule has 0 atom stereocenters. The highest BCUT2D eigenvalue weighted by Crippen LogP contribution is 2.30. The monoisotopic (exact) mass is 387 g/mol. The van der Waals surface area contributed by atoms with E-state index < -0.39 is 0 Å². The highest BCUT2D eigenvalue weighted by atomic mass is 14.9. The van der Waals surface area contributed by atoms with Gasteiger partial charge in [-0.25, -0.2) is 0 Å². The predicted octanol–water partition coefficient (Wildman–Crippen LogP) is 8.13. The second-order valence-electron chi connectivity index (χ2n) is 8.73.